The van der Waals surface area contributed by atoms with Crippen molar-refractivity contribution in [2.75, 3.05) is 20.3 Å². The van der Waals surface area contributed by atoms with Crippen molar-refractivity contribution in [2.24, 2.45) is 0 Å². The number of rotatable bonds is 8. The molecule has 22 heavy (non-hydrogen) atoms. The predicted molar refractivity (Wildman–Crippen MR) is 92.5 cm³/mol. The van der Waals surface area contributed by atoms with Crippen molar-refractivity contribution >= 4 is 6.08 Å². The second kappa shape index (κ2) is 8.11. The Bertz CT molecular complexity index is 510. The quantitative estimate of drug-likeness (QED) is 0.673. The third-order valence-electron chi connectivity index (χ3n) is 3.97. The highest BCUT2D eigenvalue weighted by molar-refractivity contribution is 5.63. The molecule has 122 valence electrons. The van der Waals surface area contributed by atoms with Crippen molar-refractivity contribution in [1.82, 2.24) is 4.90 Å². The molecule has 0 bridgehead atoms. The van der Waals surface area contributed by atoms with Crippen molar-refractivity contribution in [1.29, 1.82) is 0 Å². The lowest BCUT2D eigenvalue weighted by molar-refractivity contribution is 0.265. The van der Waals surface area contributed by atoms with Crippen LogP contribution in [0.5, 0.6) is 11.5 Å². The Balaban J connectivity index is 2.37. The molecule has 0 aromatic heterocycles. The van der Waals surface area contributed by atoms with E-state index in [2.05, 4.69) is 57.1 Å². The summed E-state index contributed by atoms with van der Waals surface area (Å²) in [7, 11) is 2.15. The summed E-state index contributed by atoms with van der Waals surface area (Å²) in [6, 6.07) is 4.76. The van der Waals surface area contributed by atoms with Crippen LogP contribution in [0.1, 0.15) is 63.6 Å². The zero-order valence-electron chi connectivity index (χ0n) is 14.4. The molecule has 1 aliphatic heterocycles. The summed E-state index contributed by atoms with van der Waals surface area (Å²) < 4.78 is 11.8. The van der Waals surface area contributed by atoms with Crippen LogP contribution < -0.4 is 9.47 Å². The lowest BCUT2D eigenvalue weighted by atomic mass is 9.93. The van der Waals surface area contributed by atoms with Crippen LogP contribution in [0.25, 0.3) is 6.08 Å². The molecule has 0 saturated heterocycles. The fourth-order valence-corrected chi connectivity index (χ4v) is 2.83. The van der Waals surface area contributed by atoms with Gasteiger partial charge in [0.15, 0.2) is 11.5 Å². The molecule has 1 aliphatic rings. The lowest BCUT2D eigenvalue weighted by Gasteiger charge is -2.32. The van der Waals surface area contributed by atoms with E-state index in [1.54, 1.807) is 0 Å². The van der Waals surface area contributed by atoms with Gasteiger partial charge in [-0.05, 0) is 54.8 Å². The molecule has 1 unspecified atom stereocenters. The Kier molecular flexibility index (Phi) is 6.17. The van der Waals surface area contributed by atoms with Crippen molar-refractivity contribution in [2.45, 2.75) is 52.5 Å². The smallest absolute Gasteiger partial charge is 0.161 e. The minimum absolute atomic E-state index is 0.425. The third-order valence-corrected chi connectivity index (χ3v) is 3.97. The summed E-state index contributed by atoms with van der Waals surface area (Å²) in [4.78, 5) is 2.29. The largest absolute Gasteiger partial charge is 0.490 e. The molecule has 1 aromatic carbocycles. The molecule has 0 radical (unpaired) electrons. The first-order valence-electron chi connectivity index (χ1n) is 8.54. The number of hydrogen-bond acceptors (Lipinski definition) is 3. The Morgan fingerprint density at radius 2 is 1.59 bits per heavy atom. The van der Waals surface area contributed by atoms with Gasteiger partial charge in [0.2, 0.25) is 0 Å². The maximum atomic E-state index is 5.94. The number of ether oxygens (including phenoxy) is 2. The first kappa shape index (κ1) is 16.7. The predicted octanol–water partition coefficient (Wildman–Crippen LogP) is 5.02. The van der Waals surface area contributed by atoms with Gasteiger partial charge >= 0.3 is 0 Å². The van der Waals surface area contributed by atoms with Crippen molar-refractivity contribution in [3.05, 3.63) is 29.5 Å². The van der Waals surface area contributed by atoms with E-state index in [-0.39, 0.29) is 0 Å². The molecule has 0 fully saturated rings. The van der Waals surface area contributed by atoms with Crippen molar-refractivity contribution in [3.63, 3.8) is 0 Å². The van der Waals surface area contributed by atoms with Gasteiger partial charge in [0.05, 0.1) is 19.3 Å². The molecule has 0 amide bonds. The number of fused-ring (bicyclic) bond motifs is 1. The van der Waals surface area contributed by atoms with Gasteiger partial charge in [-0.15, -0.1) is 0 Å². The normalized spacial score (nSPS) is 16.5. The summed E-state index contributed by atoms with van der Waals surface area (Å²) in [6.07, 6.45) is 8.66. The highest BCUT2D eigenvalue weighted by atomic mass is 16.5. The van der Waals surface area contributed by atoms with E-state index in [0.717, 1.165) is 44.0 Å². The molecule has 0 aliphatic carbocycles. The van der Waals surface area contributed by atoms with Gasteiger partial charge in [-0.2, -0.15) is 0 Å². The van der Waals surface area contributed by atoms with E-state index >= 15 is 0 Å². The summed E-state index contributed by atoms with van der Waals surface area (Å²) >= 11 is 0. The molecular weight excluding hydrogens is 274 g/mol. The van der Waals surface area contributed by atoms with Crippen LogP contribution in [-0.2, 0) is 0 Å². The molecule has 0 spiro atoms. The van der Waals surface area contributed by atoms with Crippen molar-refractivity contribution < 1.29 is 9.47 Å². The molecule has 0 saturated carbocycles. The standard InChI is InChI=1S/C19H29NO2/c1-5-8-17-16-14-19(22-12-7-3)18(21-11-6-2)13-15(16)9-10-20(17)4/h9-10,13-14,17H,5-8,11-12H2,1-4H3. The van der Waals surface area contributed by atoms with Crippen LogP contribution in [0.3, 0.4) is 0 Å². The van der Waals surface area contributed by atoms with Gasteiger partial charge in [0.25, 0.3) is 0 Å². The van der Waals surface area contributed by atoms with E-state index in [4.69, 9.17) is 9.47 Å². The lowest BCUT2D eigenvalue weighted by Crippen LogP contribution is -2.22. The Labute approximate surface area is 134 Å². The monoisotopic (exact) mass is 303 g/mol. The van der Waals surface area contributed by atoms with Crippen LogP contribution in [-0.4, -0.2) is 25.2 Å². The molecule has 1 aromatic rings. The Hall–Kier alpha value is -1.64. The molecular formula is C19H29NO2. The summed E-state index contributed by atoms with van der Waals surface area (Å²) in [5.41, 5.74) is 2.60. The van der Waals surface area contributed by atoms with Crippen molar-refractivity contribution in [3.8, 4) is 11.5 Å². The van der Waals surface area contributed by atoms with Gasteiger partial charge in [0, 0.05) is 7.05 Å². The van der Waals surface area contributed by atoms with Crippen LogP contribution in [0.15, 0.2) is 18.3 Å². The zero-order chi connectivity index (χ0) is 15.9. The van der Waals surface area contributed by atoms with E-state index in [1.807, 2.05) is 0 Å². The summed E-state index contributed by atoms with van der Waals surface area (Å²) in [5, 5.41) is 0. The van der Waals surface area contributed by atoms with Gasteiger partial charge in [-0.1, -0.05) is 27.2 Å². The van der Waals surface area contributed by atoms with Crippen LogP contribution in [0.4, 0.5) is 0 Å². The molecule has 2 rings (SSSR count). The van der Waals surface area contributed by atoms with Gasteiger partial charge in [0.1, 0.15) is 0 Å². The zero-order valence-corrected chi connectivity index (χ0v) is 14.4. The van der Waals surface area contributed by atoms with E-state index < -0.39 is 0 Å². The fourth-order valence-electron chi connectivity index (χ4n) is 2.83. The van der Waals surface area contributed by atoms with E-state index in [0.29, 0.717) is 6.04 Å². The fraction of sp³-hybridized carbons (Fsp3) is 0.579. The summed E-state index contributed by atoms with van der Waals surface area (Å²) in [5.74, 6) is 1.76. The minimum atomic E-state index is 0.425. The van der Waals surface area contributed by atoms with Crippen LogP contribution in [0.2, 0.25) is 0 Å². The van der Waals surface area contributed by atoms with E-state index in [9.17, 15) is 0 Å². The number of nitrogens with zero attached hydrogens (tertiary/aromatic N) is 1. The Morgan fingerprint density at radius 1 is 0.955 bits per heavy atom. The third kappa shape index (κ3) is 3.76. The molecule has 1 heterocycles. The average molecular weight is 303 g/mol. The molecule has 1 atom stereocenters. The highest BCUT2D eigenvalue weighted by Crippen LogP contribution is 2.39. The van der Waals surface area contributed by atoms with Crippen LogP contribution >= 0.6 is 0 Å². The van der Waals surface area contributed by atoms with Crippen LogP contribution in [0, 0.1) is 0 Å². The first-order valence-corrected chi connectivity index (χ1v) is 8.54. The molecule has 3 nitrogen and oxygen atoms in total. The molecule has 3 heteroatoms. The highest BCUT2D eigenvalue weighted by Gasteiger charge is 2.23. The Morgan fingerprint density at radius 3 is 2.18 bits per heavy atom. The van der Waals surface area contributed by atoms with Gasteiger partial charge in [-0.3, -0.25) is 0 Å². The van der Waals surface area contributed by atoms with Gasteiger partial charge < -0.3 is 14.4 Å². The number of hydrogen-bond donors (Lipinski definition) is 0. The van der Waals surface area contributed by atoms with E-state index in [1.165, 1.54) is 17.5 Å². The topological polar surface area (TPSA) is 21.7 Å². The second-order valence-corrected chi connectivity index (χ2v) is 5.91. The van der Waals surface area contributed by atoms with Gasteiger partial charge in [-0.25, -0.2) is 0 Å². The average Bonchev–Trinajstić information content (AvgIpc) is 2.53. The summed E-state index contributed by atoms with van der Waals surface area (Å²) in [6.45, 7) is 7.94. The SMILES string of the molecule is CCCOc1cc2c(cc1OCCC)C(CCC)N(C)C=C2. The second-order valence-electron chi connectivity index (χ2n) is 5.91. The minimum Gasteiger partial charge on any atom is -0.490 e. The number of benzene rings is 1. The molecule has 0 N–H and O–H groups in total. The maximum Gasteiger partial charge on any atom is 0.161 e. The first-order chi connectivity index (χ1) is 10.7. The maximum absolute atomic E-state index is 5.94.